The standard InChI is InChI=1S/C23H22ClN3O2/c1-23-21-18(17-4-2-3-5-19(17)25-21)11-13-27(23)20(28)14-26(22(23)29)12-10-15-6-8-16(24)9-7-15/h2-9,25H,10-14H2,1H3/t23-/m1/s1. The smallest absolute Gasteiger partial charge is 0.254 e. The second-order valence-electron chi connectivity index (χ2n) is 7.99. The number of H-pyrrole nitrogens is 1. The van der Waals surface area contributed by atoms with Crippen LogP contribution in [0.2, 0.25) is 5.02 Å². The van der Waals surface area contributed by atoms with Crippen molar-refractivity contribution in [2.45, 2.75) is 25.3 Å². The summed E-state index contributed by atoms with van der Waals surface area (Å²) in [6.45, 7) is 3.10. The number of benzene rings is 2. The van der Waals surface area contributed by atoms with Crippen LogP contribution in [0.1, 0.15) is 23.7 Å². The average molecular weight is 408 g/mol. The quantitative estimate of drug-likeness (QED) is 0.722. The number of hydrogen-bond acceptors (Lipinski definition) is 2. The highest BCUT2D eigenvalue weighted by Gasteiger charge is 2.53. The number of para-hydroxylation sites is 1. The van der Waals surface area contributed by atoms with E-state index in [2.05, 4.69) is 11.1 Å². The summed E-state index contributed by atoms with van der Waals surface area (Å²) in [6, 6.07) is 15.7. The van der Waals surface area contributed by atoms with E-state index in [-0.39, 0.29) is 18.4 Å². The molecule has 1 saturated heterocycles. The van der Waals surface area contributed by atoms with Gasteiger partial charge in [-0.15, -0.1) is 0 Å². The topological polar surface area (TPSA) is 56.4 Å². The number of fused-ring (bicyclic) bond motifs is 5. The molecule has 1 fully saturated rings. The number of amides is 2. The minimum Gasteiger partial charge on any atom is -0.356 e. The summed E-state index contributed by atoms with van der Waals surface area (Å²) in [5.41, 5.74) is 3.14. The lowest BCUT2D eigenvalue weighted by Gasteiger charge is -2.49. The Morgan fingerprint density at radius 1 is 1.10 bits per heavy atom. The van der Waals surface area contributed by atoms with Crippen molar-refractivity contribution in [1.82, 2.24) is 14.8 Å². The van der Waals surface area contributed by atoms with E-state index >= 15 is 0 Å². The van der Waals surface area contributed by atoms with Crippen LogP contribution in [0.3, 0.4) is 0 Å². The van der Waals surface area contributed by atoms with Crippen LogP contribution >= 0.6 is 11.6 Å². The number of hydrogen-bond donors (Lipinski definition) is 1. The van der Waals surface area contributed by atoms with E-state index < -0.39 is 5.54 Å². The van der Waals surface area contributed by atoms with Gasteiger partial charge in [-0.3, -0.25) is 9.59 Å². The molecular weight excluding hydrogens is 386 g/mol. The molecule has 3 aromatic rings. The van der Waals surface area contributed by atoms with Crippen LogP contribution in [0.15, 0.2) is 48.5 Å². The van der Waals surface area contributed by atoms with Crippen molar-refractivity contribution in [2.75, 3.05) is 19.6 Å². The van der Waals surface area contributed by atoms with E-state index in [1.165, 1.54) is 0 Å². The van der Waals surface area contributed by atoms with Crippen LogP contribution in [0.5, 0.6) is 0 Å². The molecule has 5 nitrogen and oxygen atoms in total. The van der Waals surface area contributed by atoms with Crippen LogP contribution in [-0.2, 0) is 28.0 Å². The van der Waals surface area contributed by atoms with Crippen molar-refractivity contribution < 1.29 is 9.59 Å². The number of rotatable bonds is 3. The van der Waals surface area contributed by atoms with Gasteiger partial charge in [-0.1, -0.05) is 41.9 Å². The number of carbonyl (C=O) groups is 2. The zero-order chi connectivity index (χ0) is 20.2. The lowest BCUT2D eigenvalue weighted by molar-refractivity contribution is -0.165. The van der Waals surface area contributed by atoms with Crippen LogP contribution < -0.4 is 0 Å². The number of aromatic amines is 1. The van der Waals surface area contributed by atoms with Crippen molar-refractivity contribution in [2.24, 2.45) is 0 Å². The van der Waals surface area contributed by atoms with Gasteiger partial charge in [-0.2, -0.15) is 0 Å². The Kier molecular flexibility index (Phi) is 4.17. The third-order valence-electron chi connectivity index (χ3n) is 6.34. The van der Waals surface area contributed by atoms with Crippen molar-refractivity contribution in [3.63, 3.8) is 0 Å². The Hall–Kier alpha value is -2.79. The van der Waals surface area contributed by atoms with Gasteiger partial charge in [0, 0.05) is 29.0 Å². The van der Waals surface area contributed by atoms with Gasteiger partial charge in [-0.25, -0.2) is 0 Å². The summed E-state index contributed by atoms with van der Waals surface area (Å²) < 4.78 is 0. The van der Waals surface area contributed by atoms with E-state index in [4.69, 9.17) is 11.6 Å². The molecule has 0 spiro atoms. The number of piperazine rings is 1. The SMILES string of the molecule is C[C@@]12C(=O)N(CCc3ccc(Cl)cc3)CC(=O)N1CCc1c2[nH]c2ccccc12. The third-order valence-corrected chi connectivity index (χ3v) is 6.59. The van der Waals surface area contributed by atoms with Crippen LogP contribution in [-0.4, -0.2) is 46.2 Å². The molecule has 148 valence electrons. The molecule has 0 unspecified atom stereocenters. The second-order valence-corrected chi connectivity index (χ2v) is 8.43. The summed E-state index contributed by atoms with van der Waals surface area (Å²) in [7, 11) is 0. The number of aromatic nitrogens is 1. The lowest BCUT2D eigenvalue weighted by Crippen LogP contribution is -2.67. The summed E-state index contributed by atoms with van der Waals surface area (Å²) in [4.78, 5) is 33.5. The number of nitrogens with zero attached hydrogens (tertiary/aromatic N) is 2. The molecule has 0 saturated carbocycles. The fourth-order valence-corrected chi connectivity index (χ4v) is 4.90. The van der Waals surface area contributed by atoms with E-state index in [0.29, 0.717) is 24.5 Å². The first-order valence-electron chi connectivity index (χ1n) is 9.93. The minimum absolute atomic E-state index is 0.00696. The van der Waals surface area contributed by atoms with Gasteiger partial charge in [0.1, 0.15) is 0 Å². The monoisotopic (exact) mass is 407 g/mol. The fraction of sp³-hybridized carbons (Fsp3) is 0.304. The molecule has 2 aliphatic heterocycles. The fourth-order valence-electron chi connectivity index (χ4n) is 4.78. The summed E-state index contributed by atoms with van der Waals surface area (Å²) in [5, 5.41) is 1.83. The maximum absolute atomic E-state index is 13.6. The van der Waals surface area contributed by atoms with Crippen molar-refractivity contribution >= 4 is 34.3 Å². The molecule has 2 aliphatic rings. The minimum atomic E-state index is -0.984. The molecule has 1 atom stereocenters. The maximum atomic E-state index is 13.6. The van der Waals surface area contributed by atoms with Gasteiger partial charge in [0.15, 0.2) is 5.54 Å². The highest BCUT2D eigenvalue weighted by Crippen LogP contribution is 2.41. The highest BCUT2D eigenvalue weighted by molar-refractivity contribution is 6.30. The summed E-state index contributed by atoms with van der Waals surface area (Å²) in [5.74, 6) is -0.00826. The molecule has 1 N–H and O–H groups in total. The molecule has 2 amide bonds. The molecule has 0 aliphatic carbocycles. The van der Waals surface area contributed by atoms with Crippen LogP contribution in [0.4, 0.5) is 0 Å². The Morgan fingerprint density at radius 2 is 1.86 bits per heavy atom. The zero-order valence-electron chi connectivity index (χ0n) is 16.2. The molecule has 3 heterocycles. The van der Waals surface area contributed by atoms with Crippen molar-refractivity contribution in [3.05, 3.63) is 70.4 Å². The van der Waals surface area contributed by atoms with Crippen LogP contribution in [0.25, 0.3) is 10.9 Å². The predicted octanol–water partition coefficient (Wildman–Crippen LogP) is 3.51. The molecule has 5 rings (SSSR count). The van der Waals surface area contributed by atoms with Gasteiger partial charge < -0.3 is 14.8 Å². The second kappa shape index (κ2) is 6.63. The summed E-state index contributed by atoms with van der Waals surface area (Å²) >= 11 is 5.96. The van der Waals surface area contributed by atoms with Gasteiger partial charge in [0.25, 0.3) is 5.91 Å². The van der Waals surface area contributed by atoms with Crippen LogP contribution in [0, 0.1) is 0 Å². The molecule has 0 radical (unpaired) electrons. The van der Waals surface area contributed by atoms with E-state index in [1.54, 1.807) is 9.80 Å². The first-order chi connectivity index (χ1) is 14.0. The Balaban J connectivity index is 1.49. The molecule has 1 aromatic heterocycles. The molecular formula is C23H22ClN3O2. The maximum Gasteiger partial charge on any atom is 0.254 e. The van der Waals surface area contributed by atoms with E-state index in [9.17, 15) is 9.59 Å². The normalized spacial score (nSPS) is 21.4. The Morgan fingerprint density at radius 3 is 2.66 bits per heavy atom. The lowest BCUT2D eigenvalue weighted by atomic mass is 9.83. The number of halogens is 1. The molecule has 29 heavy (non-hydrogen) atoms. The van der Waals surface area contributed by atoms with Crippen molar-refractivity contribution in [1.29, 1.82) is 0 Å². The number of carbonyl (C=O) groups excluding carboxylic acids is 2. The predicted molar refractivity (Wildman–Crippen MR) is 113 cm³/mol. The zero-order valence-corrected chi connectivity index (χ0v) is 17.0. The molecule has 0 bridgehead atoms. The third kappa shape index (κ3) is 2.76. The molecule has 2 aromatic carbocycles. The largest absolute Gasteiger partial charge is 0.356 e. The molecule has 6 heteroatoms. The first-order valence-corrected chi connectivity index (χ1v) is 10.3. The summed E-state index contributed by atoms with van der Waals surface area (Å²) in [6.07, 6.45) is 1.45. The average Bonchev–Trinajstić information content (AvgIpc) is 3.11. The van der Waals surface area contributed by atoms with E-state index in [1.807, 2.05) is 49.4 Å². The Bertz CT molecular complexity index is 1120. The Labute approximate surface area is 174 Å². The van der Waals surface area contributed by atoms with Gasteiger partial charge in [0.05, 0.1) is 12.2 Å². The number of nitrogens with one attached hydrogen (secondary N) is 1. The van der Waals surface area contributed by atoms with Gasteiger partial charge in [-0.05, 0) is 49.1 Å². The highest BCUT2D eigenvalue weighted by atomic mass is 35.5. The van der Waals surface area contributed by atoms with Gasteiger partial charge in [0.2, 0.25) is 5.91 Å². The van der Waals surface area contributed by atoms with Gasteiger partial charge >= 0.3 is 0 Å². The first kappa shape index (κ1) is 18.3. The van der Waals surface area contributed by atoms with E-state index in [0.717, 1.165) is 34.1 Å². The van der Waals surface area contributed by atoms with Crippen molar-refractivity contribution in [3.8, 4) is 0 Å².